The van der Waals surface area contributed by atoms with Gasteiger partial charge in [-0.3, -0.25) is 11.3 Å². The minimum absolute atomic E-state index is 0.121. The molecule has 0 aliphatic rings. The molecule has 0 aromatic heterocycles. The molecular formula is C12H21N3O. The molecule has 90 valence electrons. The molecule has 0 saturated heterocycles. The lowest BCUT2D eigenvalue weighted by Gasteiger charge is -2.21. The predicted molar refractivity (Wildman–Crippen MR) is 66.2 cm³/mol. The van der Waals surface area contributed by atoms with Crippen LogP contribution in [0.3, 0.4) is 0 Å². The molecule has 0 amide bonds. The summed E-state index contributed by atoms with van der Waals surface area (Å²) in [5, 5.41) is 0. The molecule has 4 nitrogen and oxygen atoms in total. The van der Waals surface area contributed by atoms with Crippen LogP contribution >= 0.6 is 0 Å². The Kier molecular flexibility index (Phi) is 5.25. The molecule has 3 N–H and O–H groups in total. The molecule has 0 aliphatic carbocycles. The van der Waals surface area contributed by atoms with E-state index in [1.165, 1.54) is 0 Å². The molecule has 0 fully saturated rings. The maximum Gasteiger partial charge on any atom is 0.119 e. The van der Waals surface area contributed by atoms with E-state index in [2.05, 4.69) is 16.4 Å². The van der Waals surface area contributed by atoms with Crippen molar-refractivity contribution in [1.82, 2.24) is 10.3 Å². The van der Waals surface area contributed by atoms with Crippen LogP contribution in [0.1, 0.15) is 18.5 Å². The summed E-state index contributed by atoms with van der Waals surface area (Å²) in [6.45, 7) is 3.51. The Morgan fingerprint density at radius 3 is 2.75 bits per heavy atom. The van der Waals surface area contributed by atoms with Crippen molar-refractivity contribution in [2.75, 3.05) is 27.2 Å². The Bertz CT molecular complexity index is 315. The third kappa shape index (κ3) is 3.81. The largest absolute Gasteiger partial charge is 0.494 e. The summed E-state index contributed by atoms with van der Waals surface area (Å²) >= 11 is 0. The van der Waals surface area contributed by atoms with Gasteiger partial charge in [-0.25, -0.2) is 0 Å². The van der Waals surface area contributed by atoms with Crippen LogP contribution in [-0.2, 0) is 0 Å². The first-order valence-electron chi connectivity index (χ1n) is 5.51. The quantitative estimate of drug-likeness (QED) is 0.561. The second-order valence-electron chi connectivity index (χ2n) is 3.99. The van der Waals surface area contributed by atoms with Gasteiger partial charge in [0.2, 0.25) is 0 Å². The van der Waals surface area contributed by atoms with Crippen molar-refractivity contribution in [3.8, 4) is 5.75 Å². The Morgan fingerprint density at radius 2 is 2.19 bits per heavy atom. The van der Waals surface area contributed by atoms with E-state index in [0.717, 1.165) is 17.9 Å². The fourth-order valence-electron chi connectivity index (χ4n) is 1.61. The third-order valence-corrected chi connectivity index (χ3v) is 2.32. The summed E-state index contributed by atoms with van der Waals surface area (Å²) in [6, 6.07) is 8.14. The lowest BCUT2D eigenvalue weighted by atomic mass is 10.1. The number of likely N-dealkylation sites (N-methyl/N-ethyl adjacent to an activating group) is 1. The van der Waals surface area contributed by atoms with Gasteiger partial charge in [-0.2, -0.15) is 0 Å². The van der Waals surface area contributed by atoms with Crippen LogP contribution in [0.2, 0.25) is 0 Å². The van der Waals surface area contributed by atoms with E-state index in [1.807, 2.05) is 39.2 Å². The highest BCUT2D eigenvalue weighted by Gasteiger charge is 2.11. The van der Waals surface area contributed by atoms with E-state index in [4.69, 9.17) is 10.6 Å². The molecule has 0 bridgehead atoms. The van der Waals surface area contributed by atoms with Crippen LogP contribution in [0.15, 0.2) is 24.3 Å². The number of nitrogens with one attached hydrogen (secondary N) is 1. The standard InChI is InChI=1S/C12H21N3O/c1-4-16-11-7-5-6-10(8-11)12(14-13)9-15(2)3/h5-8,12,14H,4,9,13H2,1-3H3. The van der Waals surface area contributed by atoms with Crippen molar-refractivity contribution in [3.05, 3.63) is 29.8 Å². The fraction of sp³-hybridized carbons (Fsp3) is 0.500. The van der Waals surface area contributed by atoms with Crippen molar-refractivity contribution in [2.24, 2.45) is 5.84 Å². The molecule has 1 rings (SSSR count). The normalized spacial score (nSPS) is 12.8. The number of benzene rings is 1. The van der Waals surface area contributed by atoms with Crippen molar-refractivity contribution in [2.45, 2.75) is 13.0 Å². The van der Waals surface area contributed by atoms with Gasteiger partial charge in [-0.05, 0) is 38.7 Å². The van der Waals surface area contributed by atoms with E-state index in [1.54, 1.807) is 0 Å². The maximum absolute atomic E-state index is 5.56. The molecule has 16 heavy (non-hydrogen) atoms. The number of hydrogen-bond donors (Lipinski definition) is 2. The number of nitrogens with two attached hydrogens (primary N) is 1. The van der Waals surface area contributed by atoms with Crippen LogP contribution < -0.4 is 16.0 Å². The molecule has 1 atom stereocenters. The molecule has 1 aromatic carbocycles. The van der Waals surface area contributed by atoms with E-state index >= 15 is 0 Å². The number of hydrogen-bond acceptors (Lipinski definition) is 4. The van der Waals surface area contributed by atoms with Gasteiger partial charge in [0.05, 0.1) is 12.6 Å². The maximum atomic E-state index is 5.56. The second-order valence-corrected chi connectivity index (χ2v) is 3.99. The average molecular weight is 223 g/mol. The minimum atomic E-state index is 0.121. The van der Waals surface area contributed by atoms with Crippen molar-refractivity contribution in [3.63, 3.8) is 0 Å². The van der Waals surface area contributed by atoms with Gasteiger partial charge >= 0.3 is 0 Å². The third-order valence-electron chi connectivity index (χ3n) is 2.32. The van der Waals surface area contributed by atoms with Crippen LogP contribution in [0.5, 0.6) is 5.75 Å². The number of hydrazine groups is 1. The SMILES string of the molecule is CCOc1cccc(C(CN(C)C)NN)c1. The Morgan fingerprint density at radius 1 is 1.44 bits per heavy atom. The van der Waals surface area contributed by atoms with Crippen molar-refractivity contribution in [1.29, 1.82) is 0 Å². The molecule has 0 saturated carbocycles. The second kappa shape index (κ2) is 6.48. The lowest BCUT2D eigenvalue weighted by molar-refractivity contribution is 0.332. The molecule has 0 aliphatic heterocycles. The van der Waals surface area contributed by atoms with Crippen molar-refractivity contribution < 1.29 is 4.74 Å². The van der Waals surface area contributed by atoms with Gasteiger partial charge < -0.3 is 9.64 Å². The van der Waals surface area contributed by atoms with Crippen LogP contribution in [-0.4, -0.2) is 32.1 Å². The summed E-state index contributed by atoms with van der Waals surface area (Å²) in [7, 11) is 4.05. The van der Waals surface area contributed by atoms with E-state index in [-0.39, 0.29) is 6.04 Å². The summed E-state index contributed by atoms with van der Waals surface area (Å²) in [5.74, 6) is 6.45. The highest BCUT2D eigenvalue weighted by Crippen LogP contribution is 2.19. The zero-order valence-electron chi connectivity index (χ0n) is 10.2. The molecule has 4 heteroatoms. The fourth-order valence-corrected chi connectivity index (χ4v) is 1.61. The minimum Gasteiger partial charge on any atom is -0.494 e. The first-order valence-corrected chi connectivity index (χ1v) is 5.51. The molecule has 1 unspecified atom stereocenters. The lowest BCUT2D eigenvalue weighted by Crippen LogP contribution is -2.35. The van der Waals surface area contributed by atoms with Gasteiger partial charge in [-0.1, -0.05) is 12.1 Å². The van der Waals surface area contributed by atoms with Crippen LogP contribution in [0.25, 0.3) is 0 Å². The van der Waals surface area contributed by atoms with Crippen LogP contribution in [0, 0.1) is 0 Å². The molecular weight excluding hydrogens is 202 g/mol. The Balaban J connectivity index is 2.79. The van der Waals surface area contributed by atoms with Gasteiger partial charge in [0.15, 0.2) is 0 Å². The number of rotatable bonds is 6. The zero-order valence-corrected chi connectivity index (χ0v) is 10.2. The number of nitrogens with zero attached hydrogens (tertiary/aromatic N) is 1. The van der Waals surface area contributed by atoms with Gasteiger partial charge in [0, 0.05) is 6.54 Å². The van der Waals surface area contributed by atoms with Gasteiger partial charge in [0.25, 0.3) is 0 Å². The molecule has 0 heterocycles. The van der Waals surface area contributed by atoms with Crippen LogP contribution in [0.4, 0.5) is 0 Å². The molecule has 0 radical (unpaired) electrons. The summed E-state index contributed by atoms with van der Waals surface area (Å²) in [5.41, 5.74) is 3.96. The summed E-state index contributed by atoms with van der Waals surface area (Å²) in [4.78, 5) is 2.10. The molecule has 1 aromatic rings. The van der Waals surface area contributed by atoms with Gasteiger partial charge in [-0.15, -0.1) is 0 Å². The summed E-state index contributed by atoms with van der Waals surface area (Å²) < 4.78 is 5.46. The number of ether oxygens (including phenoxy) is 1. The Hall–Kier alpha value is -1.10. The zero-order chi connectivity index (χ0) is 12.0. The first kappa shape index (κ1) is 13.0. The van der Waals surface area contributed by atoms with E-state index < -0.39 is 0 Å². The summed E-state index contributed by atoms with van der Waals surface area (Å²) in [6.07, 6.45) is 0. The topological polar surface area (TPSA) is 50.5 Å². The van der Waals surface area contributed by atoms with E-state index in [9.17, 15) is 0 Å². The van der Waals surface area contributed by atoms with Crippen molar-refractivity contribution >= 4 is 0 Å². The predicted octanol–water partition coefficient (Wildman–Crippen LogP) is 1.15. The molecule has 0 spiro atoms. The monoisotopic (exact) mass is 223 g/mol. The first-order chi connectivity index (χ1) is 7.67. The Labute approximate surface area is 97.4 Å². The van der Waals surface area contributed by atoms with E-state index in [0.29, 0.717) is 6.61 Å². The highest BCUT2D eigenvalue weighted by atomic mass is 16.5. The highest BCUT2D eigenvalue weighted by molar-refractivity contribution is 5.30. The average Bonchev–Trinajstić information content (AvgIpc) is 2.26. The smallest absolute Gasteiger partial charge is 0.119 e. The van der Waals surface area contributed by atoms with Gasteiger partial charge in [0.1, 0.15) is 5.75 Å².